The fraction of sp³-hybridized carbons (Fsp3) is 0.0476. The van der Waals surface area contributed by atoms with Gasteiger partial charge in [0, 0.05) is 33.6 Å². The summed E-state index contributed by atoms with van der Waals surface area (Å²) >= 11 is 1.41. The molecule has 7 nitrogen and oxygen atoms in total. The largest absolute Gasteiger partial charge is 0.360 e. The van der Waals surface area contributed by atoms with Gasteiger partial charge in [0.05, 0.1) is 12.2 Å². The third-order valence-corrected chi connectivity index (χ3v) is 5.37. The molecule has 0 saturated carbocycles. The predicted molar refractivity (Wildman–Crippen MR) is 113 cm³/mol. The van der Waals surface area contributed by atoms with Crippen LogP contribution in [0.4, 0.5) is 5.13 Å². The van der Waals surface area contributed by atoms with Gasteiger partial charge in [0.1, 0.15) is 12.7 Å². The highest BCUT2D eigenvalue weighted by Crippen LogP contribution is 2.31. The van der Waals surface area contributed by atoms with Gasteiger partial charge in [-0.15, -0.1) is 11.3 Å². The van der Waals surface area contributed by atoms with E-state index in [0.717, 1.165) is 27.7 Å². The molecule has 0 spiro atoms. The minimum atomic E-state index is -0.183. The minimum absolute atomic E-state index is 0.183. The number of H-pyrrole nitrogens is 1. The third-order valence-electron chi connectivity index (χ3n) is 4.62. The summed E-state index contributed by atoms with van der Waals surface area (Å²) in [5.74, 6) is -0.183. The number of thiazole rings is 1. The molecule has 0 unspecified atom stereocenters. The molecule has 0 aliphatic heterocycles. The molecule has 0 fully saturated rings. The smallest absolute Gasteiger partial charge is 0.257 e. The van der Waals surface area contributed by atoms with Gasteiger partial charge in [0.15, 0.2) is 5.13 Å². The first-order chi connectivity index (χ1) is 14.3. The van der Waals surface area contributed by atoms with E-state index < -0.39 is 0 Å². The maximum atomic E-state index is 12.6. The van der Waals surface area contributed by atoms with Crippen LogP contribution in [0.2, 0.25) is 0 Å². The average molecular weight is 400 g/mol. The van der Waals surface area contributed by atoms with Crippen molar-refractivity contribution in [1.82, 2.24) is 24.7 Å². The van der Waals surface area contributed by atoms with E-state index in [1.54, 1.807) is 23.1 Å². The Balaban J connectivity index is 1.30. The molecule has 3 aromatic heterocycles. The van der Waals surface area contributed by atoms with Crippen LogP contribution in [-0.4, -0.2) is 30.6 Å². The molecular formula is C21H16N6OS. The topological polar surface area (TPSA) is 88.5 Å². The fourth-order valence-corrected chi connectivity index (χ4v) is 3.88. The van der Waals surface area contributed by atoms with Gasteiger partial charge in [0.25, 0.3) is 5.91 Å². The molecule has 1 amide bonds. The van der Waals surface area contributed by atoms with Crippen LogP contribution >= 0.6 is 11.3 Å². The highest BCUT2D eigenvalue weighted by atomic mass is 32.1. The molecule has 2 aromatic carbocycles. The second kappa shape index (κ2) is 7.33. The summed E-state index contributed by atoms with van der Waals surface area (Å²) in [6, 6.07) is 15.5. The van der Waals surface area contributed by atoms with E-state index in [0.29, 0.717) is 17.2 Å². The number of anilines is 1. The van der Waals surface area contributed by atoms with Crippen LogP contribution in [0.15, 0.2) is 72.8 Å². The first-order valence-corrected chi connectivity index (χ1v) is 9.89. The number of aromatic nitrogens is 5. The number of hydrogen-bond acceptors (Lipinski definition) is 5. The fourth-order valence-electron chi connectivity index (χ4n) is 3.17. The first kappa shape index (κ1) is 17.3. The van der Waals surface area contributed by atoms with Gasteiger partial charge in [-0.1, -0.05) is 30.3 Å². The number of fused-ring (bicyclic) bond motifs is 1. The predicted octanol–water partition coefficient (Wildman–Crippen LogP) is 4.18. The number of para-hydroxylation sites is 1. The van der Waals surface area contributed by atoms with E-state index in [1.807, 2.05) is 41.9 Å². The van der Waals surface area contributed by atoms with Gasteiger partial charge in [-0.3, -0.25) is 10.1 Å². The molecule has 2 N–H and O–H groups in total. The highest BCUT2D eigenvalue weighted by Gasteiger charge is 2.12. The highest BCUT2D eigenvalue weighted by molar-refractivity contribution is 7.14. The van der Waals surface area contributed by atoms with E-state index >= 15 is 0 Å². The number of amides is 1. The zero-order valence-corrected chi connectivity index (χ0v) is 16.1. The SMILES string of the molecule is O=C(Nc1nc(-c2c[nH]c3ccccc23)cs1)c1ccc(Cn2cncn2)cc1. The summed E-state index contributed by atoms with van der Waals surface area (Å²) in [6.45, 7) is 0.613. The Morgan fingerprint density at radius 2 is 2.00 bits per heavy atom. The second-order valence-corrected chi connectivity index (χ2v) is 7.39. The molecule has 0 bridgehead atoms. The number of rotatable bonds is 5. The van der Waals surface area contributed by atoms with Crippen LogP contribution in [0, 0.1) is 0 Å². The van der Waals surface area contributed by atoms with E-state index in [1.165, 1.54) is 17.7 Å². The molecule has 0 aliphatic rings. The number of hydrogen-bond donors (Lipinski definition) is 2. The van der Waals surface area contributed by atoms with E-state index in [4.69, 9.17) is 0 Å². The Hall–Kier alpha value is -3.78. The van der Waals surface area contributed by atoms with Crippen molar-refractivity contribution in [2.45, 2.75) is 6.54 Å². The van der Waals surface area contributed by atoms with Gasteiger partial charge in [-0.2, -0.15) is 5.10 Å². The van der Waals surface area contributed by atoms with Crippen molar-refractivity contribution in [3.63, 3.8) is 0 Å². The molecule has 8 heteroatoms. The van der Waals surface area contributed by atoms with Crippen LogP contribution in [0.1, 0.15) is 15.9 Å². The molecule has 0 aliphatic carbocycles. The molecule has 0 atom stereocenters. The van der Waals surface area contributed by atoms with Crippen LogP contribution in [0.25, 0.3) is 22.2 Å². The Labute approximate surface area is 170 Å². The van der Waals surface area contributed by atoms with Gasteiger partial charge < -0.3 is 4.98 Å². The maximum absolute atomic E-state index is 12.6. The average Bonchev–Trinajstić information content (AvgIpc) is 3.49. The minimum Gasteiger partial charge on any atom is -0.360 e. The Bertz CT molecular complexity index is 1270. The third kappa shape index (κ3) is 3.53. The Morgan fingerprint density at radius 1 is 1.14 bits per heavy atom. The van der Waals surface area contributed by atoms with Gasteiger partial charge in [-0.05, 0) is 23.8 Å². The monoisotopic (exact) mass is 400 g/mol. The zero-order valence-electron chi connectivity index (χ0n) is 15.2. The molecule has 0 saturated heterocycles. The van der Waals surface area contributed by atoms with Crippen LogP contribution in [-0.2, 0) is 6.54 Å². The summed E-state index contributed by atoms with van der Waals surface area (Å²) in [7, 11) is 0. The van der Waals surface area contributed by atoms with Gasteiger partial charge in [-0.25, -0.2) is 14.6 Å². The first-order valence-electron chi connectivity index (χ1n) is 9.01. The van der Waals surface area contributed by atoms with E-state index in [-0.39, 0.29) is 5.91 Å². The van der Waals surface area contributed by atoms with E-state index in [9.17, 15) is 4.79 Å². The van der Waals surface area contributed by atoms with Gasteiger partial charge >= 0.3 is 0 Å². The summed E-state index contributed by atoms with van der Waals surface area (Å²) in [5.41, 5.74) is 4.55. The molecule has 29 heavy (non-hydrogen) atoms. The van der Waals surface area contributed by atoms with Crippen molar-refractivity contribution in [3.8, 4) is 11.3 Å². The zero-order chi connectivity index (χ0) is 19.6. The van der Waals surface area contributed by atoms with Crippen LogP contribution in [0.3, 0.4) is 0 Å². The number of nitrogens with zero attached hydrogens (tertiary/aromatic N) is 4. The van der Waals surface area contributed by atoms with Crippen molar-refractivity contribution in [1.29, 1.82) is 0 Å². The maximum Gasteiger partial charge on any atom is 0.257 e. The lowest BCUT2D eigenvalue weighted by molar-refractivity contribution is 0.102. The number of benzene rings is 2. The summed E-state index contributed by atoms with van der Waals surface area (Å²) in [5, 5.41) is 10.6. The lowest BCUT2D eigenvalue weighted by Gasteiger charge is -2.04. The molecular weight excluding hydrogens is 384 g/mol. The van der Waals surface area contributed by atoms with Crippen LogP contribution < -0.4 is 5.32 Å². The molecule has 142 valence electrons. The number of aromatic amines is 1. The lowest BCUT2D eigenvalue weighted by atomic mass is 10.1. The summed E-state index contributed by atoms with van der Waals surface area (Å²) < 4.78 is 1.73. The summed E-state index contributed by atoms with van der Waals surface area (Å²) in [6.07, 6.45) is 5.11. The number of nitrogens with one attached hydrogen (secondary N) is 2. The van der Waals surface area contributed by atoms with Crippen molar-refractivity contribution < 1.29 is 4.79 Å². The Morgan fingerprint density at radius 3 is 2.83 bits per heavy atom. The summed E-state index contributed by atoms with van der Waals surface area (Å²) in [4.78, 5) is 24.3. The van der Waals surface area contributed by atoms with Crippen molar-refractivity contribution in [3.05, 3.63) is 83.9 Å². The van der Waals surface area contributed by atoms with Crippen molar-refractivity contribution in [2.24, 2.45) is 0 Å². The van der Waals surface area contributed by atoms with Crippen molar-refractivity contribution >= 4 is 33.3 Å². The molecule has 0 radical (unpaired) electrons. The van der Waals surface area contributed by atoms with E-state index in [2.05, 4.69) is 31.4 Å². The van der Waals surface area contributed by atoms with Crippen molar-refractivity contribution in [2.75, 3.05) is 5.32 Å². The Kier molecular flexibility index (Phi) is 4.38. The molecule has 5 aromatic rings. The second-order valence-electron chi connectivity index (χ2n) is 6.53. The normalized spacial score (nSPS) is 11.0. The van der Waals surface area contributed by atoms with Gasteiger partial charge in [0.2, 0.25) is 0 Å². The molecule has 5 rings (SSSR count). The molecule has 3 heterocycles. The number of carbonyl (C=O) groups is 1. The number of carbonyl (C=O) groups excluding carboxylic acids is 1. The lowest BCUT2D eigenvalue weighted by Crippen LogP contribution is -2.11. The quantitative estimate of drug-likeness (QED) is 0.463. The standard InChI is InChI=1S/C21H16N6OS/c28-20(15-7-5-14(6-8-15)10-27-13-22-12-24-27)26-21-25-19(11-29-21)17-9-23-18-4-2-1-3-16(17)18/h1-9,11-13,23H,10H2,(H,25,26,28). The van der Waals surface area contributed by atoms with Crippen LogP contribution in [0.5, 0.6) is 0 Å².